The fourth-order valence-electron chi connectivity index (χ4n) is 2.54. The Hall–Kier alpha value is -0.650. The molecule has 0 aromatic heterocycles. The lowest BCUT2D eigenvalue weighted by atomic mass is 10.2. The number of hydrogen-bond donors (Lipinski definition) is 2. The topological polar surface area (TPSA) is 61.8 Å². The molecule has 2 N–H and O–H groups in total. The van der Waals surface area contributed by atoms with Gasteiger partial charge in [0.05, 0.1) is 24.4 Å². The van der Waals surface area contributed by atoms with Crippen molar-refractivity contribution in [3.63, 3.8) is 0 Å². The van der Waals surface area contributed by atoms with Gasteiger partial charge in [-0.3, -0.25) is 9.69 Å². The van der Waals surface area contributed by atoms with Gasteiger partial charge in [-0.1, -0.05) is 0 Å². The minimum absolute atomic E-state index is 0.0695. The highest BCUT2D eigenvalue weighted by Gasteiger charge is 2.34. The summed E-state index contributed by atoms with van der Waals surface area (Å²) in [6.07, 6.45) is 3.60. The molecule has 0 radical (unpaired) electrons. The first-order chi connectivity index (χ1) is 9.35. The number of aliphatic hydroxyl groups excluding tert-OH is 1. The minimum Gasteiger partial charge on any atom is -0.389 e. The number of aliphatic hydroxyl groups is 1. The summed E-state index contributed by atoms with van der Waals surface area (Å²) < 4.78 is 5.59. The molecule has 2 rings (SSSR count). The maximum absolute atomic E-state index is 12.1. The van der Waals surface area contributed by atoms with E-state index in [1.165, 1.54) is 0 Å². The molecule has 2 fully saturated rings. The molecule has 2 unspecified atom stereocenters. The van der Waals surface area contributed by atoms with Crippen molar-refractivity contribution in [3.8, 4) is 0 Å². The van der Waals surface area contributed by atoms with Gasteiger partial charge in [0, 0.05) is 12.6 Å². The van der Waals surface area contributed by atoms with E-state index in [9.17, 15) is 9.90 Å². The third kappa shape index (κ3) is 5.04. The molecule has 116 valence electrons. The van der Waals surface area contributed by atoms with E-state index in [4.69, 9.17) is 4.74 Å². The van der Waals surface area contributed by atoms with Crippen molar-refractivity contribution in [3.05, 3.63) is 0 Å². The molecule has 2 aliphatic rings. The minimum atomic E-state index is -0.538. The Morgan fingerprint density at radius 2 is 2.10 bits per heavy atom. The molecule has 1 heterocycles. The van der Waals surface area contributed by atoms with Crippen LogP contribution in [0.2, 0.25) is 0 Å². The number of nitrogens with one attached hydrogen (secondary N) is 1. The fraction of sp³-hybridized carbons (Fsp3) is 0.933. The highest BCUT2D eigenvalue weighted by Crippen LogP contribution is 2.22. The van der Waals surface area contributed by atoms with E-state index in [0.29, 0.717) is 19.2 Å². The van der Waals surface area contributed by atoms with Crippen LogP contribution < -0.4 is 5.32 Å². The van der Waals surface area contributed by atoms with E-state index in [2.05, 4.69) is 10.2 Å². The number of rotatable bonds is 6. The maximum Gasteiger partial charge on any atom is 0.237 e. The molecule has 1 aliphatic carbocycles. The molecule has 1 saturated carbocycles. The highest BCUT2D eigenvalue weighted by molar-refractivity contribution is 5.82. The van der Waals surface area contributed by atoms with Crippen molar-refractivity contribution in [2.45, 2.75) is 70.2 Å². The van der Waals surface area contributed by atoms with Gasteiger partial charge in [-0.25, -0.2) is 0 Å². The molecule has 1 saturated heterocycles. The van der Waals surface area contributed by atoms with Crippen LogP contribution >= 0.6 is 0 Å². The Kier molecular flexibility index (Phi) is 5.04. The molecule has 0 bridgehead atoms. The molecular weight excluding hydrogens is 256 g/mol. The number of β-amino-alcohol motifs (C(OH)–C–C–N with tert-alkyl or cyclic N) is 1. The zero-order valence-corrected chi connectivity index (χ0v) is 12.9. The van der Waals surface area contributed by atoms with E-state index < -0.39 is 6.10 Å². The highest BCUT2D eigenvalue weighted by atomic mass is 16.5. The number of hydrogen-bond acceptors (Lipinski definition) is 4. The van der Waals surface area contributed by atoms with E-state index in [1.807, 2.05) is 20.8 Å². The number of carbonyl (C=O) groups excluding carboxylic acids is 1. The van der Waals surface area contributed by atoms with Gasteiger partial charge in [0.15, 0.2) is 0 Å². The van der Waals surface area contributed by atoms with E-state index in [0.717, 1.165) is 32.2 Å². The van der Waals surface area contributed by atoms with Gasteiger partial charge < -0.3 is 15.2 Å². The lowest BCUT2D eigenvalue weighted by Gasteiger charge is -2.28. The second-order valence-electron chi connectivity index (χ2n) is 7.01. The normalized spacial score (nSPS) is 25.7. The summed E-state index contributed by atoms with van der Waals surface area (Å²) in [6.45, 7) is 7.63. The first kappa shape index (κ1) is 15.7. The Labute approximate surface area is 121 Å². The van der Waals surface area contributed by atoms with Gasteiger partial charge in [-0.2, -0.15) is 0 Å². The zero-order valence-electron chi connectivity index (χ0n) is 12.9. The summed E-state index contributed by atoms with van der Waals surface area (Å²) in [5.41, 5.74) is -0.241. The lowest BCUT2D eigenvalue weighted by Crippen LogP contribution is -2.47. The standard InChI is InChI=1S/C15H28N2O3/c1-15(2,3)20-10-12(18)9-17-8-4-5-13(17)14(19)16-11-6-7-11/h11-13,18H,4-10H2,1-3H3,(H,16,19). The zero-order chi connectivity index (χ0) is 14.8. The number of carbonyl (C=O) groups is 1. The molecular formula is C15H28N2O3. The summed E-state index contributed by atoms with van der Waals surface area (Å²) in [7, 11) is 0. The number of amides is 1. The maximum atomic E-state index is 12.1. The van der Waals surface area contributed by atoms with Gasteiger partial charge in [0.1, 0.15) is 0 Å². The van der Waals surface area contributed by atoms with Crippen LogP contribution in [0.4, 0.5) is 0 Å². The van der Waals surface area contributed by atoms with Gasteiger partial charge in [-0.15, -0.1) is 0 Å². The molecule has 0 spiro atoms. The SMILES string of the molecule is CC(C)(C)OCC(O)CN1CCCC1C(=O)NC1CC1. The number of ether oxygens (including phenoxy) is 1. The Morgan fingerprint density at radius 3 is 2.70 bits per heavy atom. The van der Waals surface area contributed by atoms with Crippen LogP contribution in [0.25, 0.3) is 0 Å². The second kappa shape index (κ2) is 6.41. The van der Waals surface area contributed by atoms with Crippen molar-refractivity contribution in [1.29, 1.82) is 0 Å². The van der Waals surface area contributed by atoms with E-state index in [-0.39, 0.29) is 17.6 Å². The van der Waals surface area contributed by atoms with Crippen LogP contribution in [-0.2, 0) is 9.53 Å². The molecule has 1 aliphatic heterocycles. The molecule has 0 aromatic carbocycles. The Balaban J connectivity index is 1.76. The predicted molar refractivity (Wildman–Crippen MR) is 77.5 cm³/mol. The van der Waals surface area contributed by atoms with Crippen LogP contribution in [0.3, 0.4) is 0 Å². The summed E-state index contributed by atoms with van der Waals surface area (Å²) >= 11 is 0. The number of nitrogens with zero attached hydrogens (tertiary/aromatic N) is 1. The van der Waals surface area contributed by atoms with Gasteiger partial charge in [0.25, 0.3) is 0 Å². The van der Waals surface area contributed by atoms with Crippen LogP contribution in [0.1, 0.15) is 46.5 Å². The summed E-state index contributed by atoms with van der Waals surface area (Å²) in [5, 5.41) is 13.1. The van der Waals surface area contributed by atoms with Crippen molar-refractivity contribution in [2.24, 2.45) is 0 Å². The molecule has 1 amide bonds. The van der Waals surface area contributed by atoms with Crippen molar-refractivity contribution in [1.82, 2.24) is 10.2 Å². The predicted octanol–water partition coefficient (Wildman–Crippen LogP) is 0.905. The summed E-state index contributed by atoms with van der Waals surface area (Å²) in [5.74, 6) is 0.133. The van der Waals surface area contributed by atoms with Gasteiger partial charge in [0.2, 0.25) is 5.91 Å². The molecule has 20 heavy (non-hydrogen) atoms. The Morgan fingerprint density at radius 1 is 1.40 bits per heavy atom. The van der Waals surface area contributed by atoms with Gasteiger partial charge in [-0.05, 0) is 53.0 Å². The molecule has 0 aromatic rings. The first-order valence-corrected chi connectivity index (χ1v) is 7.71. The average molecular weight is 284 g/mol. The van der Waals surface area contributed by atoms with Crippen molar-refractivity contribution < 1.29 is 14.6 Å². The Bertz CT molecular complexity index is 337. The van der Waals surface area contributed by atoms with E-state index in [1.54, 1.807) is 0 Å². The smallest absolute Gasteiger partial charge is 0.237 e. The quantitative estimate of drug-likeness (QED) is 0.761. The molecule has 5 nitrogen and oxygen atoms in total. The third-order valence-corrected chi connectivity index (χ3v) is 3.74. The monoisotopic (exact) mass is 284 g/mol. The van der Waals surface area contributed by atoms with Crippen LogP contribution in [-0.4, -0.2) is 59.4 Å². The van der Waals surface area contributed by atoms with Crippen LogP contribution in [0.15, 0.2) is 0 Å². The van der Waals surface area contributed by atoms with Gasteiger partial charge >= 0.3 is 0 Å². The second-order valence-corrected chi connectivity index (χ2v) is 7.01. The lowest BCUT2D eigenvalue weighted by molar-refractivity contribution is -0.126. The fourth-order valence-corrected chi connectivity index (χ4v) is 2.54. The van der Waals surface area contributed by atoms with Crippen LogP contribution in [0, 0.1) is 0 Å². The third-order valence-electron chi connectivity index (χ3n) is 3.74. The van der Waals surface area contributed by atoms with Crippen molar-refractivity contribution in [2.75, 3.05) is 19.7 Å². The first-order valence-electron chi connectivity index (χ1n) is 7.71. The average Bonchev–Trinajstić information content (AvgIpc) is 3.02. The summed E-state index contributed by atoms with van der Waals surface area (Å²) in [6, 6.07) is 0.332. The van der Waals surface area contributed by atoms with E-state index >= 15 is 0 Å². The molecule has 5 heteroatoms. The van der Waals surface area contributed by atoms with Crippen LogP contribution in [0.5, 0.6) is 0 Å². The summed E-state index contributed by atoms with van der Waals surface area (Å²) in [4.78, 5) is 14.2. The number of likely N-dealkylation sites (tertiary alicyclic amines) is 1. The molecule has 2 atom stereocenters. The largest absolute Gasteiger partial charge is 0.389 e. The van der Waals surface area contributed by atoms with Crippen molar-refractivity contribution >= 4 is 5.91 Å².